The molecule has 0 bridgehead atoms. The third kappa shape index (κ3) is 6.01. The molecule has 0 saturated heterocycles. The number of hydrogen-bond donors (Lipinski definition) is 0. The summed E-state index contributed by atoms with van der Waals surface area (Å²) in [6.45, 7) is 0. The van der Waals surface area contributed by atoms with Crippen LogP contribution in [0.2, 0.25) is 0 Å². The van der Waals surface area contributed by atoms with Crippen molar-refractivity contribution in [1.82, 2.24) is 15.0 Å². The van der Waals surface area contributed by atoms with Crippen LogP contribution in [0.15, 0.2) is 229 Å². The van der Waals surface area contributed by atoms with Crippen LogP contribution in [0.1, 0.15) is 22.3 Å². The quantitative estimate of drug-likeness (QED) is 0.167. The van der Waals surface area contributed by atoms with Crippen LogP contribution in [-0.4, -0.2) is 15.0 Å². The van der Waals surface area contributed by atoms with Crippen molar-refractivity contribution in [3.63, 3.8) is 0 Å². The molecule has 1 aliphatic heterocycles. The first-order chi connectivity index (χ1) is 33.7. The Hall–Kier alpha value is -8.29. The predicted octanol–water partition coefficient (Wildman–Crippen LogP) is 16.8. The number of fused-ring (bicyclic) bond motifs is 11. The van der Waals surface area contributed by atoms with Gasteiger partial charge in [-0.2, -0.15) is 0 Å². The van der Waals surface area contributed by atoms with E-state index in [9.17, 15) is 0 Å². The van der Waals surface area contributed by atoms with Crippen molar-refractivity contribution in [1.29, 1.82) is 0 Å². The minimum atomic E-state index is -0.476. The van der Waals surface area contributed by atoms with E-state index in [1.807, 2.05) is 34.8 Å². The minimum Gasteiger partial charge on any atom is -0.310 e. The number of hydrogen-bond acceptors (Lipinski definition) is 6. The fraction of sp³-hybridized carbons (Fsp3) is 0.0161. The standard InChI is InChI=1S/C62H38N4S2/c1-3-11-39(12-4-1)41-19-23-43(24-20-41)59-63-60(44-25-21-42(22-26-44)40-13-5-2-6-14-40)65-61(64-59)45-27-29-50(30-28-45)66-55-37-48-17-9-7-15-46(48)35-53(55)62(51-31-33-67-57(51)58-52(62)32-34-68-58)54-36-47-16-8-10-18-49(47)38-56(54)66/h1-38H. The van der Waals surface area contributed by atoms with Crippen molar-refractivity contribution in [2.24, 2.45) is 0 Å². The lowest BCUT2D eigenvalue weighted by Gasteiger charge is -2.45. The Morgan fingerprint density at radius 3 is 1.06 bits per heavy atom. The molecule has 0 saturated carbocycles. The molecule has 318 valence electrons. The molecule has 2 aliphatic rings. The van der Waals surface area contributed by atoms with E-state index in [4.69, 9.17) is 15.0 Å². The normalized spacial score (nSPS) is 13.1. The highest BCUT2D eigenvalue weighted by atomic mass is 32.1. The zero-order chi connectivity index (χ0) is 44.8. The molecule has 3 aromatic heterocycles. The maximum atomic E-state index is 5.20. The lowest BCUT2D eigenvalue weighted by atomic mass is 9.64. The van der Waals surface area contributed by atoms with E-state index in [1.54, 1.807) is 0 Å². The van der Waals surface area contributed by atoms with Gasteiger partial charge in [0, 0.05) is 32.1 Å². The van der Waals surface area contributed by atoms with E-state index in [2.05, 4.69) is 222 Å². The lowest BCUT2D eigenvalue weighted by Crippen LogP contribution is -2.36. The van der Waals surface area contributed by atoms with Crippen LogP contribution in [-0.2, 0) is 5.41 Å². The van der Waals surface area contributed by atoms with Gasteiger partial charge in [0.25, 0.3) is 0 Å². The van der Waals surface area contributed by atoms with Crippen LogP contribution in [0.5, 0.6) is 0 Å². The van der Waals surface area contributed by atoms with Crippen LogP contribution < -0.4 is 4.90 Å². The molecule has 9 aromatic carbocycles. The summed E-state index contributed by atoms with van der Waals surface area (Å²) in [6.07, 6.45) is 0. The summed E-state index contributed by atoms with van der Waals surface area (Å²) in [4.78, 5) is 20.8. The molecular formula is C62H38N4S2. The first-order valence-electron chi connectivity index (χ1n) is 22.9. The van der Waals surface area contributed by atoms with E-state index in [1.165, 1.54) is 76.1 Å². The molecule has 0 atom stereocenters. The number of thiophene rings is 2. The topological polar surface area (TPSA) is 41.9 Å². The van der Waals surface area contributed by atoms with E-state index in [-0.39, 0.29) is 0 Å². The van der Waals surface area contributed by atoms with Crippen LogP contribution >= 0.6 is 22.7 Å². The Bertz CT molecular complexity index is 3660. The zero-order valence-electron chi connectivity index (χ0n) is 36.5. The summed E-state index contributed by atoms with van der Waals surface area (Å²) in [7, 11) is 0. The Morgan fingerprint density at radius 1 is 0.309 bits per heavy atom. The first kappa shape index (κ1) is 38.9. The van der Waals surface area contributed by atoms with Gasteiger partial charge in [-0.05, 0) is 137 Å². The van der Waals surface area contributed by atoms with E-state index < -0.39 is 5.41 Å². The van der Waals surface area contributed by atoms with Gasteiger partial charge in [-0.15, -0.1) is 22.7 Å². The Kier molecular flexibility index (Phi) is 8.81. The molecule has 12 aromatic rings. The highest BCUT2D eigenvalue weighted by Crippen LogP contribution is 2.66. The maximum absolute atomic E-state index is 5.20. The Morgan fingerprint density at radius 2 is 0.647 bits per heavy atom. The molecule has 4 nitrogen and oxygen atoms in total. The van der Waals surface area contributed by atoms with Crippen LogP contribution in [0.4, 0.5) is 17.1 Å². The molecule has 0 amide bonds. The van der Waals surface area contributed by atoms with Gasteiger partial charge in [0.15, 0.2) is 17.5 Å². The van der Waals surface area contributed by atoms with Crippen molar-refractivity contribution in [2.45, 2.75) is 5.41 Å². The van der Waals surface area contributed by atoms with Crippen molar-refractivity contribution >= 4 is 61.3 Å². The van der Waals surface area contributed by atoms with Gasteiger partial charge in [-0.25, -0.2) is 15.0 Å². The van der Waals surface area contributed by atoms with E-state index >= 15 is 0 Å². The van der Waals surface area contributed by atoms with Gasteiger partial charge in [-0.3, -0.25) is 0 Å². The fourth-order valence-corrected chi connectivity index (χ4v) is 12.8. The number of aromatic nitrogens is 3. The van der Waals surface area contributed by atoms with Crippen molar-refractivity contribution in [2.75, 3.05) is 4.90 Å². The zero-order valence-corrected chi connectivity index (χ0v) is 38.2. The summed E-state index contributed by atoms with van der Waals surface area (Å²) in [5, 5.41) is 9.44. The smallest absolute Gasteiger partial charge is 0.164 e. The lowest BCUT2D eigenvalue weighted by molar-refractivity contribution is 0.759. The summed E-state index contributed by atoms with van der Waals surface area (Å²) >= 11 is 3.72. The van der Waals surface area contributed by atoms with Gasteiger partial charge >= 0.3 is 0 Å². The molecule has 1 aliphatic carbocycles. The molecule has 0 radical (unpaired) electrons. The van der Waals surface area contributed by atoms with Gasteiger partial charge in [0.2, 0.25) is 0 Å². The highest BCUT2D eigenvalue weighted by Gasteiger charge is 2.53. The van der Waals surface area contributed by atoms with Gasteiger partial charge in [-0.1, -0.05) is 158 Å². The average molecular weight is 903 g/mol. The van der Waals surface area contributed by atoms with Gasteiger partial charge in [0.1, 0.15) is 0 Å². The number of nitrogens with zero attached hydrogens (tertiary/aromatic N) is 4. The van der Waals surface area contributed by atoms with Crippen molar-refractivity contribution in [3.05, 3.63) is 251 Å². The SMILES string of the molecule is c1ccc(-c2ccc(-c3nc(-c4ccc(-c5ccccc5)cc4)nc(-c4ccc(N5c6cc7ccccc7cc6C6(c7cc8ccccc8cc75)c5ccsc5-c5sccc56)cc4)n3)cc2)cc1. The number of rotatable bonds is 6. The summed E-state index contributed by atoms with van der Waals surface area (Å²) in [5.41, 5.74) is 15.7. The number of benzene rings is 9. The predicted molar refractivity (Wildman–Crippen MR) is 283 cm³/mol. The third-order valence-corrected chi connectivity index (χ3v) is 15.9. The minimum absolute atomic E-state index is 0.476. The second-order valence-corrected chi connectivity index (χ2v) is 19.4. The van der Waals surface area contributed by atoms with E-state index in [0.717, 1.165) is 33.5 Å². The molecule has 14 rings (SSSR count). The Balaban J connectivity index is 0.933. The highest BCUT2D eigenvalue weighted by molar-refractivity contribution is 7.21. The molecule has 1 spiro atoms. The first-order valence-corrected chi connectivity index (χ1v) is 24.6. The third-order valence-electron chi connectivity index (χ3n) is 13.9. The second kappa shape index (κ2) is 15.4. The second-order valence-electron chi connectivity index (χ2n) is 17.6. The van der Waals surface area contributed by atoms with Crippen LogP contribution in [0.25, 0.3) is 87.7 Å². The molecule has 0 N–H and O–H groups in total. The molecule has 4 heterocycles. The van der Waals surface area contributed by atoms with Gasteiger partial charge in [0.05, 0.1) is 16.8 Å². The summed E-state index contributed by atoms with van der Waals surface area (Å²) in [6, 6.07) is 78.8. The van der Waals surface area contributed by atoms with Crippen LogP contribution in [0.3, 0.4) is 0 Å². The van der Waals surface area contributed by atoms with Gasteiger partial charge < -0.3 is 4.90 Å². The van der Waals surface area contributed by atoms with Crippen molar-refractivity contribution in [3.8, 4) is 66.2 Å². The molecule has 68 heavy (non-hydrogen) atoms. The average Bonchev–Trinajstić information content (AvgIpc) is 4.16. The Labute approximate surface area is 401 Å². The summed E-state index contributed by atoms with van der Waals surface area (Å²) < 4.78 is 0. The maximum Gasteiger partial charge on any atom is 0.164 e. The largest absolute Gasteiger partial charge is 0.310 e. The molecular weight excluding hydrogens is 865 g/mol. The van der Waals surface area contributed by atoms with Crippen molar-refractivity contribution < 1.29 is 0 Å². The number of anilines is 3. The van der Waals surface area contributed by atoms with Crippen LogP contribution in [0, 0.1) is 0 Å². The molecule has 0 fully saturated rings. The molecule has 6 heteroatoms. The molecule has 0 unspecified atom stereocenters. The summed E-state index contributed by atoms with van der Waals surface area (Å²) in [5.74, 6) is 1.87. The van der Waals surface area contributed by atoms with E-state index in [0.29, 0.717) is 17.5 Å². The fourth-order valence-electron chi connectivity index (χ4n) is 10.7. The monoisotopic (exact) mass is 902 g/mol.